The molecule has 2 rings (SSSR count). The summed E-state index contributed by atoms with van der Waals surface area (Å²) >= 11 is 3.94. The second kappa shape index (κ2) is 6.62. The van der Waals surface area contributed by atoms with Crippen LogP contribution in [-0.4, -0.2) is 12.7 Å². The van der Waals surface area contributed by atoms with Crippen LogP contribution in [0.4, 0.5) is 0 Å². The number of ether oxygens (including phenoxy) is 1. The van der Waals surface area contributed by atoms with Gasteiger partial charge in [0.1, 0.15) is 0 Å². The van der Waals surface area contributed by atoms with Crippen LogP contribution in [0.1, 0.15) is 74.4 Å². The van der Waals surface area contributed by atoms with Crippen LogP contribution in [0.3, 0.4) is 0 Å². The molecule has 3 atom stereocenters. The van der Waals surface area contributed by atoms with Crippen molar-refractivity contribution < 1.29 is 4.74 Å². The van der Waals surface area contributed by atoms with Crippen molar-refractivity contribution in [3.63, 3.8) is 0 Å². The van der Waals surface area contributed by atoms with Gasteiger partial charge in [0.15, 0.2) is 0 Å². The van der Waals surface area contributed by atoms with Gasteiger partial charge < -0.3 is 4.74 Å². The summed E-state index contributed by atoms with van der Waals surface area (Å²) in [7, 11) is 0. The fourth-order valence-corrected chi connectivity index (χ4v) is 3.80. The number of hydrogen-bond acceptors (Lipinski definition) is 1. The molecule has 2 heteroatoms. The van der Waals surface area contributed by atoms with E-state index in [9.17, 15) is 0 Å². The van der Waals surface area contributed by atoms with Crippen molar-refractivity contribution in [2.45, 2.75) is 63.8 Å². The number of benzene rings is 1. The van der Waals surface area contributed by atoms with E-state index in [1.54, 1.807) is 0 Å². The standard InChI is InChI=1S/C18H27BrO/c1-11(2)14-6-7-16(17(9-14)12(3)4)18(19)15-8-13(5)20-10-15/h6-7,9,11-13,15,18H,8,10H2,1-5H3. The third-order valence-corrected chi connectivity index (χ3v) is 5.58. The Morgan fingerprint density at radius 2 is 1.80 bits per heavy atom. The summed E-state index contributed by atoms with van der Waals surface area (Å²) in [6, 6.07) is 7.02. The summed E-state index contributed by atoms with van der Waals surface area (Å²) < 4.78 is 5.74. The average molecular weight is 339 g/mol. The molecule has 0 aliphatic carbocycles. The van der Waals surface area contributed by atoms with Crippen LogP contribution in [-0.2, 0) is 4.74 Å². The summed E-state index contributed by atoms with van der Waals surface area (Å²) in [6.07, 6.45) is 1.55. The summed E-state index contributed by atoms with van der Waals surface area (Å²) in [4.78, 5) is 0.408. The van der Waals surface area contributed by atoms with Gasteiger partial charge in [-0.3, -0.25) is 0 Å². The normalized spacial score (nSPS) is 24.6. The minimum absolute atomic E-state index is 0.400. The molecular formula is C18H27BrO. The highest BCUT2D eigenvalue weighted by atomic mass is 79.9. The number of rotatable bonds is 4. The third kappa shape index (κ3) is 3.46. The van der Waals surface area contributed by atoms with Crippen LogP contribution in [0.5, 0.6) is 0 Å². The lowest BCUT2D eigenvalue weighted by molar-refractivity contribution is 0.120. The zero-order valence-corrected chi connectivity index (χ0v) is 14.9. The van der Waals surface area contributed by atoms with E-state index in [0.29, 0.717) is 28.7 Å². The first-order valence-corrected chi connectivity index (χ1v) is 8.71. The number of hydrogen-bond donors (Lipinski definition) is 0. The smallest absolute Gasteiger partial charge is 0.0551 e. The maximum Gasteiger partial charge on any atom is 0.0551 e. The van der Waals surface area contributed by atoms with E-state index < -0.39 is 0 Å². The molecule has 0 bridgehead atoms. The predicted molar refractivity (Wildman–Crippen MR) is 89.8 cm³/mol. The maximum atomic E-state index is 5.74. The molecule has 112 valence electrons. The lowest BCUT2D eigenvalue weighted by Crippen LogP contribution is -2.11. The van der Waals surface area contributed by atoms with Crippen molar-refractivity contribution in [2.75, 3.05) is 6.61 Å². The van der Waals surface area contributed by atoms with Crippen LogP contribution in [0.25, 0.3) is 0 Å². The topological polar surface area (TPSA) is 9.23 Å². The SMILES string of the molecule is CC1CC(C(Br)c2ccc(C(C)C)cc2C(C)C)CO1. The van der Waals surface area contributed by atoms with Crippen LogP contribution >= 0.6 is 15.9 Å². The lowest BCUT2D eigenvalue weighted by atomic mass is 9.87. The van der Waals surface area contributed by atoms with Gasteiger partial charge >= 0.3 is 0 Å². The maximum absolute atomic E-state index is 5.74. The van der Waals surface area contributed by atoms with Crippen LogP contribution in [0, 0.1) is 5.92 Å². The van der Waals surface area contributed by atoms with Crippen LogP contribution < -0.4 is 0 Å². The molecule has 0 saturated carbocycles. The highest BCUT2D eigenvalue weighted by Gasteiger charge is 2.30. The van der Waals surface area contributed by atoms with Crippen molar-refractivity contribution in [3.05, 3.63) is 34.9 Å². The average Bonchev–Trinajstić information content (AvgIpc) is 2.83. The molecule has 1 aliphatic rings. The molecule has 0 spiro atoms. The lowest BCUT2D eigenvalue weighted by Gasteiger charge is -2.23. The first-order chi connectivity index (χ1) is 9.40. The van der Waals surface area contributed by atoms with Gasteiger partial charge in [-0.25, -0.2) is 0 Å². The van der Waals surface area contributed by atoms with Gasteiger partial charge in [-0.05, 0) is 41.9 Å². The molecule has 1 saturated heterocycles. The molecule has 3 unspecified atom stereocenters. The molecule has 1 fully saturated rings. The minimum Gasteiger partial charge on any atom is -0.378 e. The van der Waals surface area contributed by atoms with E-state index in [4.69, 9.17) is 4.74 Å². The van der Waals surface area contributed by atoms with Gasteiger partial charge in [0.25, 0.3) is 0 Å². The number of alkyl halides is 1. The van der Waals surface area contributed by atoms with E-state index in [2.05, 4.69) is 68.7 Å². The first-order valence-electron chi connectivity index (χ1n) is 7.79. The molecule has 20 heavy (non-hydrogen) atoms. The zero-order chi connectivity index (χ0) is 14.9. The van der Waals surface area contributed by atoms with Gasteiger partial charge in [0.2, 0.25) is 0 Å². The Balaban J connectivity index is 2.30. The van der Waals surface area contributed by atoms with Crippen molar-refractivity contribution in [2.24, 2.45) is 5.92 Å². The molecule has 0 N–H and O–H groups in total. The van der Waals surface area contributed by atoms with E-state index >= 15 is 0 Å². The van der Waals surface area contributed by atoms with Crippen LogP contribution in [0.2, 0.25) is 0 Å². The molecule has 0 amide bonds. The molecule has 1 aromatic carbocycles. The van der Waals surface area contributed by atoms with Crippen molar-refractivity contribution in [3.8, 4) is 0 Å². The quantitative estimate of drug-likeness (QED) is 0.631. The van der Waals surface area contributed by atoms with E-state index in [0.717, 1.165) is 13.0 Å². The molecule has 1 nitrogen and oxygen atoms in total. The minimum atomic E-state index is 0.400. The fourth-order valence-electron chi connectivity index (χ4n) is 3.01. The Bertz CT molecular complexity index is 453. The molecule has 0 aromatic heterocycles. The Labute approximate surface area is 132 Å². The van der Waals surface area contributed by atoms with Crippen molar-refractivity contribution >= 4 is 15.9 Å². The first kappa shape index (κ1) is 16.0. The zero-order valence-electron chi connectivity index (χ0n) is 13.3. The highest BCUT2D eigenvalue weighted by molar-refractivity contribution is 9.09. The van der Waals surface area contributed by atoms with Gasteiger partial charge in [-0.15, -0.1) is 0 Å². The highest BCUT2D eigenvalue weighted by Crippen LogP contribution is 2.41. The Hall–Kier alpha value is -0.340. The van der Waals surface area contributed by atoms with Gasteiger partial charge in [0, 0.05) is 10.7 Å². The van der Waals surface area contributed by atoms with Crippen molar-refractivity contribution in [1.82, 2.24) is 0 Å². The van der Waals surface area contributed by atoms with E-state index in [1.807, 2.05) is 0 Å². The Morgan fingerprint density at radius 1 is 1.10 bits per heavy atom. The summed E-state index contributed by atoms with van der Waals surface area (Å²) in [5.74, 6) is 1.74. The van der Waals surface area contributed by atoms with Gasteiger partial charge in [-0.1, -0.05) is 61.8 Å². The summed E-state index contributed by atoms with van der Waals surface area (Å²) in [5.41, 5.74) is 4.37. The molecule has 1 aromatic rings. The number of halogens is 1. The molecule has 1 aliphatic heterocycles. The monoisotopic (exact) mass is 338 g/mol. The van der Waals surface area contributed by atoms with Crippen molar-refractivity contribution in [1.29, 1.82) is 0 Å². The Kier molecular flexibility index (Phi) is 5.30. The largest absolute Gasteiger partial charge is 0.378 e. The fraction of sp³-hybridized carbons (Fsp3) is 0.667. The summed E-state index contributed by atoms with van der Waals surface area (Å²) in [6.45, 7) is 12.1. The van der Waals surface area contributed by atoms with E-state index in [-0.39, 0.29) is 0 Å². The molecule has 0 radical (unpaired) electrons. The Morgan fingerprint density at radius 3 is 2.30 bits per heavy atom. The van der Waals surface area contributed by atoms with Gasteiger partial charge in [0.05, 0.1) is 12.7 Å². The molecular weight excluding hydrogens is 312 g/mol. The second-order valence-corrected chi connectivity index (χ2v) is 7.73. The molecule has 1 heterocycles. The van der Waals surface area contributed by atoms with Crippen LogP contribution in [0.15, 0.2) is 18.2 Å². The predicted octanol–water partition coefficient (Wildman–Crippen LogP) is 5.79. The van der Waals surface area contributed by atoms with Gasteiger partial charge in [-0.2, -0.15) is 0 Å². The second-order valence-electron chi connectivity index (χ2n) is 6.74. The summed E-state index contributed by atoms with van der Waals surface area (Å²) in [5, 5.41) is 0. The van der Waals surface area contributed by atoms with E-state index in [1.165, 1.54) is 16.7 Å². The third-order valence-electron chi connectivity index (χ3n) is 4.34.